The van der Waals surface area contributed by atoms with Crippen LogP contribution in [0.5, 0.6) is 5.75 Å². The maximum absolute atomic E-state index is 13.0. The van der Waals surface area contributed by atoms with E-state index in [1.807, 2.05) is 12.1 Å². The molecule has 25 heavy (non-hydrogen) atoms. The molecule has 0 radical (unpaired) electrons. The van der Waals surface area contributed by atoms with Crippen molar-refractivity contribution in [1.29, 1.82) is 0 Å². The molecule has 138 valence electrons. The quantitative estimate of drug-likeness (QED) is 0.744. The molecule has 0 N–H and O–H groups in total. The Morgan fingerprint density at radius 3 is 2.64 bits per heavy atom. The average molecular weight is 365 g/mol. The summed E-state index contributed by atoms with van der Waals surface area (Å²) in [5, 5.41) is 0. The maximum Gasteiger partial charge on any atom is 0.214 e. The zero-order valence-electron chi connectivity index (χ0n) is 14.7. The van der Waals surface area contributed by atoms with Crippen molar-refractivity contribution >= 4 is 10.0 Å². The average Bonchev–Trinajstić information content (AvgIpc) is 3.35. The molecule has 6 heteroatoms. The Morgan fingerprint density at radius 2 is 1.88 bits per heavy atom. The summed E-state index contributed by atoms with van der Waals surface area (Å²) in [7, 11) is -3.21. The van der Waals surface area contributed by atoms with E-state index in [0.29, 0.717) is 18.9 Å². The third-order valence-electron chi connectivity index (χ3n) is 5.49. The SMILES string of the molecule is O=S(=O)(CCc1ccc2c(c1)CCO2)N(CC1CCOCC1)C1CC1. The highest BCUT2D eigenvalue weighted by atomic mass is 32.2. The number of sulfonamides is 1. The van der Waals surface area contributed by atoms with Crippen LogP contribution in [0.4, 0.5) is 0 Å². The van der Waals surface area contributed by atoms with Gasteiger partial charge in [0.2, 0.25) is 10.0 Å². The first-order valence-electron chi connectivity index (χ1n) is 9.44. The molecule has 2 fully saturated rings. The lowest BCUT2D eigenvalue weighted by Gasteiger charge is -2.29. The van der Waals surface area contributed by atoms with Gasteiger partial charge >= 0.3 is 0 Å². The van der Waals surface area contributed by atoms with Gasteiger partial charge in [0.25, 0.3) is 0 Å². The van der Waals surface area contributed by atoms with Gasteiger partial charge in [-0.05, 0) is 55.2 Å². The van der Waals surface area contributed by atoms with Gasteiger partial charge in [-0.3, -0.25) is 0 Å². The Balaban J connectivity index is 1.40. The predicted octanol–water partition coefficient (Wildman–Crippen LogP) is 2.38. The standard InChI is InChI=1S/C19H27NO4S/c21-25(22,12-8-15-1-4-19-17(13-15)7-11-24-19)20(18-2-3-18)14-16-5-9-23-10-6-16/h1,4,13,16,18H,2-3,5-12,14H2. The monoisotopic (exact) mass is 365 g/mol. The second-order valence-electron chi connectivity index (χ2n) is 7.46. The van der Waals surface area contributed by atoms with Gasteiger partial charge in [0.15, 0.2) is 0 Å². The van der Waals surface area contributed by atoms with Crippen LogP contribution in [0.25, 0.3) is 0 Å². The fraction of sp³-hybridized carbons (Fsp3) is 0.684. The van der Waals surface area contributed by atoms with Gasteiger partial charge in [-0.25, -0.2) is 8.42 Å². The van der Waals surface area contributed by atoms with Crippen molar-refractivity contribution in [1.82, 2.24) is 4.31 Å². The Labute approximate surface area is 150 Å². The number of ether oxygens (including phenoxy) is 2. The molecule has 1 saturated heterocycles. The van der Waals surface area contributed by atoms with Gasteiger partial charge in [0, 0.05) is 32.2 Å². The zero-order valence-corrected chi connectivity index (χ0v) is 15.5. The minimum atomic E-state index is -3.21. The fourth-order valence-corrected chi connectivity index (χ4v) is 5.63. The molecule has 2 heterocycles. The van der Waals surface area contributed by atoms with E-state index in [2.05, 4.69) is 6.07 Å². The lowest BCUT2D eigenvalue weighted by Crippen LogP contribution is -2.40. The van der Waals surface area contributed by atoms with Gasteiger partial charge in [-0.2, -0.15) is 4.31 Å². The summed E-state index contributed by atoms with van der Waals surface area (Å²) in [5.74, 6) is 1.60. The maximum atomic E-state index is 13.0. The topological polar surface area (TPSA) is 55.8 Å². The highest BCUT2D eigenvalue weighted by molar-refractivity contribution is 7.89. The van der Waals surface area contributed by atoms with Crippen molar-refractivity contribution in [2.75, 3.05) is 32.1 Å². The smallest absolute Gasteiger partial charge is 0.214 e. The third-order valence-corrected chi connectivity index (χ3v) is 7.37. The van der Waals surface area contributed by atoms with Crippen LogP contribution in [0.15, 0.2) is 18.2 Å². The Bertz CT molecular complexity index is 708. The van der Waals surface area contributed by atoms with Gasteiger partial charge in [0.05, 0.1) is 12.4 Å². The zero-order chi connectivity index (χ0) is 17.3. The molecule has 0 bridgehead atoms. The van der Waals surface area contributed by atoms with E-state index in [9.17, 15) is 8.42 Å². The van der Waals surface area contributed by atoms with Gasteiger partial charge in [0.1, 0.15) is 5.75 Å². The number of benzene rings is 1. The van der Waals surface area contributed by atoms with E-state index in [4.69, 9.17) is 9.47 Å². The van der Waals surface area contributed by atoms with Gasteiger partial charge in [-0.15, -0.1) is 0 Å². The molecule has 0 aromatic heterocycles. The van der Waals surface area contributed by atoms with Crippen molar-refractivity contribution in [3.05, 3.63) is 29.3 Å². The van der Waals surface area contributed by atoms with E-state index in [1.54, 1.807) is 4.31 Å². The molecular weight excluding hydrogens is 338 g/mol. The summed E-state index contributed by atoms with van der Waals surface area (Å²) >= 11 is 0. The van der Waals surface area contributed by atoms with Crippen molar-refractivity contribution in [3.63, 3.8) is 0 Å². The summed E-state index contributed by atoms with van der Waals surface area (Å²) in [6.07, 6.45) is 5.48. The fourth-order valence-electron chi connectivity index (χ4n) is 3.80. The summed E-state index contributed by atoms with van der Waals surface area (Å²) in [6, 6.07) is 6.32. The largest absolute Gasteiger partial charge is 0.493 e. The molecule has 1 aliphatic carbocycles. The normalized spacial score (nSPS) is 21.3. The first kappa shape index (κ1) is 17.3. The first-order chi connectivity index (χ1) is 12.1. The van der Waals surface area contributed by atoms with E-state index in [1.165, 1.54) is 5.56 Å². The van der Waals surface area contributed by atoms with Crippen molar-refractivity contribution in [2.24, 2.45) is 5.92 Å². The molecule has 1 aromatic rings. The molecule has 1 aromatic carbocycles. The summed E-state index contributed by atoms with van der Waals surface area (Å²) in [6.45, 7) is 2.94. The first-order valence-corrected chi connectivity index (χ1v) is 11.0. The number of nitrogens with zero attached hydrogens (tertiary/aromatic N) is 1. The van der Waals surface area contributed by atoms with Gasteiger partial charge in [-0.1, -0.05) is 12.1 Å². The van der Waals surface area contributed by atoms with Crippen LogP contribution in [-0.2, 0) is 27.6 Å². The predicted molar refractivity (Wildman–Crippen MR) is 96.4 cm³/mol. The van der Waals surface area contributed by atoms with E-state index in [0.717, 1.165) is 63.2 Å². The van der Waals surface area contributed by atoms with Crippen molar-refractivity contribution < 1.29 is 17.9 Å². The molecule has 3 aliphatic rings. The van der Waals surface area contributed by atoms with Gasteiger partial charge < -0.3 is 9.47 Å². The number of fused-ring (bicyclic) bond motifs is 1. The molecule has 0 amide bonds. The molecular formula is C19H27NO4S. The molecule has 4 rings (SSSR count). The number of hydrogen-bond acceptors (Lipinski definition) is 4. The van der Waals surface area contributed by atoms with Crippen molar-refractivity contribution in [3.8, 4) is 5.75 Å². The van der Waals surface area contributed by atoms with Crippen LogP contribution >= 0.6 is 0 Å². The lowest BCUT2D eigenvalue weighted by atomic mass is 10.0. The summed E-state index contributed by atoms with van der Waals surface area (Å²) in [5.41, 5.74) is 2.30. The van der Waals surface area contributed by atoms with Crippen LogP contribution in [0.1, 0.15) is 36.8 Å². The second kappa shape index (κ2) is 7.25. The molecule has 0 unspecified atom stereocenters. The molecule has 0 spiro atoms. The van der Waals surface area contributed by atoms with E-state index in [-0.39, 0.29) is 11.8 Å². The Hall–Kier alpha value is -1.11. The van der Waals surface area contributed by atoms with Crippen LogP contribution in [0.2, 0.25) is 0 Å². The highest BCUT2D eigenvalue weighted by Gasteiger charge is 2.38. The Kier molecular flexibility index (Phi) is 5.02. The Morgan fingerprint density at radius 1 is 1.08 bits per heavy atom. The highest BCUT2D eigenvalue weighted by Crippen LogP contribution is 2.32. The number of hydrogen-bond donors (Lipinski definition) is 0. The molecule has 0 atom stereocenters. The molecule has 5 nitrogen and oxygen atoms in total. The number of rotatable bonds is 7. The summed E-state index contributed by atoms with van der Waals surface area (Å²) in [4.78, 5) is 0. The second-order valence-corrected chi connectivity index (χ2v) is 9.50. The van der Waals surface area contributed by atoms with Crippen LogP contribution in [-0.4, -0.2) is 50.9 Å². The van der Waals surface area contributed by atoms with Crippen LogP contribution < -0.4 is 4.74 Å². The molecule has 2 aliphatic heterocycles. The number of aryl methyl sites for hydroxylation is 1. The molecule has 1 saturated carbocycles. The minimum Gasteiger partial charge on any atom is -0.493 e. The van der Waals surface area contributed by atoms with Crippen LogP contribution in [0.3, 0.4) is 0 Å². The third kappa shape index (κ3) is 4.18. The van der Waals surface area contributed by atoms with E-state index < -0.39 is 10.0 Å². The minimum absolute atomic E-state index is 0.201. The van der Waals surface area contributed by atoms with Crippen molar-refractivity contribution in [2.45, 2.75) is 44.6 Å². The summed E-state index contributed by atoms with van der Waals surface area (Å²) < 4.78 is 38.7. The lowest BCUT2D eigenvalue weighted by molar-refractivity contribution is 0.0601. The van der Waals surface area contributed by atoms with E-state index >= 15 is 0 Å². The van der Waals surface area contributed by atoms with Crippen LogP contribution in [0, 0.1) is 5.92 Å².